The molecule has 128 valence electrons. The summed E-state index contributed by atoms with van der Waals surface area (Å²) in [5.74, 6) is -1.31. The summed E-state index contributed by atoms with van der Waals surface area (Å²) in [5, 5.41) is 12.9. The molecule has 3 rings (SSSR count). The molecule has 0 spiro atoms. The third-order valence-electron chi connectivity index (χ3n) is 3.96. The summed E-state index contributed by atoms with van der Waals surface area (Å²) in [6, 6.07) is 14.3. The number of aromatic amines is 1. The van der Waals surface area contributed by atoms with E-state index in [2.05, 4.69) is 26.2 Å². The Labute approximate surface area is 153 Å². The number of fused-ring (bicyclic) bond motifs is 1. The molecule has 0 unspecified atom stereocenters. The van der Waals surface area contributed by atoms with Crippen LogP contribution in [0.2, 0.25) is 0 Å². The average Bonchev–Trinajstić information content (AvgIpc) is 2.97. The SMILES string of the molecule is Cc1ccc2cc(C(=O)N[C@@H](CC(=O)O)c3cccc(Br)c3)[nH]c2c1. The summed E-state index contributed by atoms with van der Waals surface area (Å²) in [7, 11) is 0. The molecule has 0 aliphatic carbocycles. The van der Waals surface area contributed by atoms with Crippen molar-refractivity contribution in [3.05, 3.63) is 69.8 Å². The number of hydrogen-bond donors (Lipinski definition) is 3. The number of carboxylic acid groups (broad SMARTS) is 1. The standard InChI is InChI=1S/C19H17BrN2O3/c1-11-5-6-13-9-17(21-15(13)7-11)19(25)22-16(10-18(23)24)12-3-2-4-14(20)8-12/h2-9,16,21H,10H2,1H3,(H,22,25)(H,23,24)/t16-/m0/s1. The van der Waals surface area contributed by atoms with Crippen LogP contribution >= 0.6 is 15.9 Å². The van der Waals surface area contributed by atoms with E-state index in [0.29, 0.717) is 5.69 Å². The second kappa shape index (κ2) is 7.11. The lowest BCUT2D eigenvalue weighted by Crippen LogP contribution is -2.30. The van der Waals surface area contributed by atoms with E-state index in [4.69, 9.17) is 0 Å². The first-order chi connectivity index (χ1) is 11.9. The summed E-state index contributed by atoms with van der Waals surface area (Å²) < 4.78 is 0.829. The van der Waals surface area contributed by atoms with Gasteiger partial charge < -0.3 is 15.4 Å². The Morgan fingerprint density at radius 2 is 2.00 bits per heavy atom. The van der Waals surface area contributed by atoms with E-state index in [1.54, 1.807) is 12.1 Å². The number of carboxylic acids is 1. The molecule has 1 aromatic heterocycles. The number of rotatable bonds is 5. The fourth-order valence-corrected chi connectivity index (χ4v) is 3.17. The lowest BCUT2D eigenvalue weighted by Gasteiger charge is -2.17. The van der Waals surface area contributed by atoms with Gasteiger partial charge in [-0.25, -0.2) is 0 Å². The van der Waals surface area contributed by atoms with Crippen LogP contribution in [0, 0.1) is 6.92 Å². The number of amides is 1. The van der Waals surface area contributed by atoms with Crippen molar-refractivity contribution >= 4 is 38.7 Å². The molecule has 0 aliphatic rings. The molecule has 0 aliphatic heterocycles. The lowest BCUT2D eigenvalue weighted by atomic mass is 10.0. The number of carbonyl (C=O) groups is 2. The molecule has 2 aromatic carbocycles. The minimum absolute atomic E-state index is 0.193. The topological polar surface area (TPSA) is 82.2 Å². The van der Waals surface area contributed by atoms with Crippen LogP contribution in [0.15, 0.2) is 53.0 Å². The molecule has 1 amide bonds. The second-order valence-electron chi connectivity index (χ2n) is 5.95. The third kappa shape index (κ3) is 4.09. The van der Waals surface area contributed by atoms with Gasteiger partial charge in [0.05, 0.1) is 12.5 Å². The highest BCUT2D eigenvalue weighted by molar-refractivity contribution is 9.10. The Morgan fingerprint density at radius 1 is 1.20 bits per heavy atom. The van der Waals surface area contributed by atoms with Crippen molar-refractivity contribution in [2.24, 2.45) is 0 Å². The maximum absolute atomic E-state index is 12.6. The Kier molecular flexibility index (Phi) is 4.90. The van der Waals surface area contributed by atoms with Crippen molar-refractivity contribution in [1.29, 1.82) is 0 Å². The maximum Gasteiger partial charge on any atom is 0.305 e. The summed E-state index contributed by atoms with van der Waals surface area (Å²) in [6.07, 6.45) is -0.193. The van der Waals surface area contributed by atoms with E-state index in [0.717, 1.165) is 26.5 Å². The third-order valence-corrected chi connectivity index (χ3v) is 4.45. The lowest BCUT2D eigenvalue weighted by molar-refractivity contribution is -0.137. The predicted octanol–water partition coefficient (Wildman–Crippen LogP) is 4.18. The van der Waals surface area contributed by atoms with Crippen molar-refractivity contribution in [2.75, 3.05) is 0 Å². The van der Waals surface area contributed by atoms with Gasteiger partial charge in [0.15, 0.2) is 0 Å². The van der Waals surface area contributed by atoms with Gasteiger partial charge in [-0.3, -0.25) is 9.59 Å². The molecule has 0 fully saturated rings. The van der Waals surface area contributed by atoms with Crippen molar-refractivity contribution < 1.29 is 14.7 Å². The molecule has 0 radical (unpaired) electrons. The number of hydrogen-bond acceptors (Lipinski definition) is 2. The van der Waals surface area contributed by atoms with E-state index in [1.165, 1.54) is 0 Å². The summed E-state index contributed by atoms with van der Waals surface area (Å²) >= 11 is 3.37. The minimum atomic E-state index is -0.974. The van der Waals surface area contributed by atoms with Crippen molar-refractivity contribution in [1.82, 2.24) is 10.3 Å². The first-order valence-electron chi connectivity index (χ1n) is 7.80. The first kappa shape index (κ1) is 17.2. The summed E-state index contributed by atoms with van der Waals surface area (Å²) in [6.45, 7) is 1.98. The van der Waals surface area contributed by atoms with E-state index in [1.807, 2.05) is 43.3 Å². The van der Waals surface area contributed by atoms with Crippen LogP contribution in [0.25, 0.3) is 10.9 Å². The number of nitrogens with one attached hydrogen (secondary N) is 2. The fourth-order valence-electron chi connectivity index (χ4n) is 2.75. The normalized spacial score (nSPS) is 12.1. The van der Waals surface area contributed by atoms with Gasteiger partial charge in [0.1, 0.15) is 5.69 Å². The number of carbonyl (C=O) groups excluding carboxylic acids is 1. The Balaban J connectivity index is 1.87. The summed E-state index contributed by atoms with van der Waals surface area (Å²) in [5.41, 5.74) is 3.12. The van der Waals surface area contributed by atoms with Gasteiger partial charge in [-0.1, -0.05) is 40.2 Å². The monoisotopic (exact) mass is 400 g/mol. The number of aryl methyl sites for hydroxylation is 1. The maximum atomic E-state index is 12.6. The Morgan fingerprint density at radius 3 is 2.72 bits per heavy atom. The first-order valence-corrected chi connectivity index (χ1v) is 8.59. The molecule has 0 saturated carbocycles. The Bertz CT molecular complexity index is 949. The molecular weight excluding hydrogens is 384 g/mol. The number of halogens is 1. The van der Waals surface area contributed by atoms with Gasteiger partial charge in [0.2, 0.25) is 0 Å². The highest BCUT2D eigenvalue weighted by Gasteiger charge is 2.20. The zero-order chi connectivity index (χ0) is 18.0. The zero-order valence-electron chi connectivity index (χ0n) is 13.5. The van der Waals surface area contributed by atoms with Gasteiger partial charge in [0.25, 0.3) is 5.91 Å². The largest absolute Gasteiger partial charge is 0.481 e. The van der Waals surface area contributed by atoms with Gasteiger partial charge in [-0.05, 0) is 42.3 Å². The number of benzene rings is 2. The second-order valence-corrected chi connectivity index (χ2v) is 6.87. The van der Waals surface area contributed by atoms with E-state index in [-0.39, 0.29) is 12.3 Å². The van der Waals surface area contributed by atoms with Crippen LogP contribution in [-0.2, 0) is 4.79 Å². The highest BCUT2D eigenvalue weighted by atomic mass is 79.9. The highest BCUT2D eigenvalue weighted by Crippen LogP contribution is 2.22. The van der Waals surface area contributed by atoms with E-state index in [9.17, 15) is 14.7 Å². The molecule has 0 saturated heterocycles. The van der Waals surface area contributed by atoms with Crippen LogP contribution < -0.4 is 5.32 Å². The minimum Gasteiger partial charge on any atom is -0.481 e. The van der Waals surface area contributed by atoms with E-state index >= 15 is 0 Å². The Hall–Kier alpha value is -2.60. The molecule has 1 atom stereocenters. The van der Waals surface area contributed by atoms with Crippen LogP contribution in [0.3, 0.4) is 0 Å². The molecule has 6 heteroatoms. The van der Waals surface area contributed by atoms with Crippen molar-refractivity contribution in [3.63, 3.8) is 0 Å². The fraction of sp³-hybridized carbons (Fsp3) is 0.158. The summed E-state index contributed by atoms with van der Waals surface area (Å²) in [4.78, 5) is 26.9. The van der Waals surface area contributed by atoms with E-state index < -0.39 is 12.0 Å². The van der Waals surface area contributed by atoms with Gasteiger partial charge in [0, 0.05) is 15.4 Å². The zero-order valence-corrected chi connectivity index (χ0v) is 15.1. The number of aromatic nitrogens is 1. The predicted molar refractivity (Wildman–Crippen MR) is 99.6 cm³/mol. The molecule has 0 bridgehead atoms. The molecule has 3 aromatic rings. The molecule has 1 heterocycles. The number of H-pyrrole nitrogens is 1. The molecule has 3 N–H and O–H groups in total. The van der Waals surface area contributed by atoms with Crippen LogP contribution in [-0.4, -0.2) is 22.0 Å². The van der Waals surface area contributed by atoms with Crippen LogP contribution in [0.1, 0.15) is 34.1 Å². The number of aliphatic carboxylic acids is 1. The van der Waals surface area contributed by atoms with Crippen LogP contribution in [0.4, 0.5) is 0 Å². The van der Waals surface area contributed by atoms with Gasteiger partial charge >= 0.3 is 5.97 Å². The molecule has 25 heavy (non-hydrogen) atoms. The quantitative estimate of drug-likeness (QED) is 0.600. The smallest absolute Gasteiger partial charge is 0.305 e. The van der Waals surface area contributed by atoms with Crippen LogP contribution in [0.5, 0.6) is 0 Å². The van der Waals surface area contributed by atoms with Gasteiger partial charge in [-0.2, -0.15) is 0 Å². The molecular formula is C19H17BrN2O3. The molecule has 5 nitrogen and oxygen atoms in total. The van der Waals surface area contributed by atoms with Gasteiger partial charge in [-0.15, -0.1) is 0 Å². The van der Waals surface area contributed by atoms with Crippen molar-refractivity contribution in [2.45, 2.75) is 19.4 Å². The van der Waals surface area contributed by atoms with Crippen molar-refractivity contribution in [3.8, 4) is 0 Å². The average molecular weight is 401 g/mol.